The highest BCUT2D eigenvalue weighted by atomic mass is 16.2. The van der Waals surface area contributed by atoms with Gasteiger partial charge in [-0.15, -0.1) is 5.10 Å². The van der Waals surface area contributed by atoms with Crippen LogP contribution in [0.25, 0.3) is 0 Å². The lowest BCUT2D eigenvalue weighted by molar-refractivity contribution is 0.0949. The number of aromatic nitrogens is 6. The van der Waals surface area contributed by atoms with Crippen LogP contribution in [0.1, 0.15) is 16.3 Å². The van der Waals surface area contributed by atoms with Crippen LogP contribution in [0.15, 0.2) is 12.5 Å². The maximum atomic E-state index is 11.7. The molecule has 2 aromatic heterocycles. The Kier molecular flexibility index (Phi) is 3.97. The molecule has 96 valence electrons. The van der Waals surface area contributed by atoms with Gasteiger partial charge in [-0.2, -0.15) is 5.10 Å². The third-order valence-corrected chi connectivity index (χ3v) is 2.24. The number of hydrogen-bond acceptors (Lipinski definition) is 6. The minimum absolute atomic E-state index is 0.266. The van der Waals surface area contributed by atoms with Crippen molar-refractivity contribution in [3.05, 3.63) is 24.0 Å². The molecule has 0 fully saturated rings. The minimum Gasteiger partial charge on any atom is -0.350 e. The smallest absolute Gasteiger partial charge is 0.273 e. The van der Waals surface area contributed by atoms with Crippen molar-refractivity contribution in [3.8, 4) is 0 Å². The van der Waals surface area contributed by atoms with Crippen molar-refractivity contribution in [2.45, 2.75) is 13.0 Å². The topological polar surface area (TPSA) is 127 Å². The predicted octanol–water partition coefficient (Wildman–Crippen LogP) is -1.67. The quantitative estimate of drug-likeness (QED) is 0.562. The van der Waals surface area contributed by atoms with Crippen LogP contribution in [0.4, 0.5) is 0 Å². The van der Waals surface area contributed by atoms with Gasteiger partial charge in [-0.1, -0.05) is 5.21 Å². The number of rotatable bonds is 6. The molecule has 0 aliphatic rings. The van der Waals surface area contributed by atoms with Crippen molar-refractivity contribution in [2.24, 2.45) is 5.73 Å². The Balaban J connectivity index is 1.80. The molecule has 0 aromatic carbocycles. The molecule has 2 rings (SSSR count). The van der Waals surface area contributed by atoms with Gasteiger partial charge in [-0.05, 0) is 0 Å². The highest BCUT2D eigenvalue weighted by Gasteiger charge is 2.09. The van der Waals surface area contributed by atoms with E-state index < -0.39 is 0 Å². The van der Waals surface area contributed by atoms with Crippen molar-refractivity contribution in [1.29, 1.82) is 0 Å². The van der Waals surface area contributed by atoms with E-state index in [1.54, 1.807) is 6.20 Å². The van der Waals surface area contributed by atoms with Gasteiger partial charge < -0.3 is 11.1 Å². The van der Waals surface area contributed by atoms with E-state index in [0.717, 1.165) is 5.82 Å². The number of aromatic amines is 1. The average molecular weight is 250 g/mol. The lowest BCUT2D eigenvalue weighted by atomic mass is 10.4. The zero-order chi connectivity index (χ0) is 12.8. The third-order valence-electron chi connectivity index (χ3n) is 2.24. The van der Waals surface area contributed by atoms with Crippen LogP contribution < -0.4 is 11.1 Å². The molecule has 0 aliphatic heterocycles. The second-order valence-electron chi connectivity index (χ2n) is 3.59. The van der Waals surface area contributed by atoms with Crippen LogP contribution in [0, 0.1) is 0 Å². The maximum absolute atomic E-state index is 11.7. The van der Waals surface area contributed by atoms with Gasteiger partial charge in [0.05, 0.1) is 12.7 Å². The molecule has 0 radical (unpaired) electrons. The number of nitrogens with two attached hydrogens (primary N) is 1. The van der Waals surface area contributed by atoms with E-state index in [4.69, 9.17) is 5.73 Å². The number of H-pyrrole nitrogens is 1. The molecule has 0 spiro atoms. The number of amides is 1. The second kappa shape index (κ2) is 5.87. The number of nitrogens with zero attached hydrogens (tertiary/aromatic N) is 5. The zero-order valence-corrected chi connectivity index (χ0v) is 9.70. The number of hydrogen-bond donors (Lipinski definition) is 3. The van der Waals surface area contributed by atoms with Crippen molar-refractivity contribution in [2.75, 3.05) is 13.1 Å². The summed E-state index contributed by atoms with van der Waals surface area (Å²) in [5.74, 6) is 0.458. The van der Waals surface area contributed by atoms with E-state index in [0.29, 0.717) is 26.1 Å². The summed E-state index contributed by atoms with van der Waals surface area (Å²) < 4.78 is 1.53. The molecule has 0 atom stereocenters. The Labute approximate surface area is 103 Å². The summed E-state index contributed by atoms with van der Waals surface area (Å²) in [6.07, 6.45) is 3.58. The summed E-state index contributed by atoms with van der Waals surface area (Å²) in [5.41, 5.74) is 5.65. The summed E-state index contributed by atoms with van der Waals surface area (Å²) in [7, 11) is 0. The molecule has 2 heterocycles. The normalized spacial score (nSPS) is 10.5. The van der Waals surface area contributed by atoms with E-state index in [1.807, 2.05) is 0 Å². The van der Waals surface area contributed by atoms with E-state index in [2.05, 4.69) is 30.8 Å². The molecule has 4 N–H and O–H groups in total. The van der Waals surface area contributed by atoms with E-state index in [1.165, 1.54) is 11.0 Å². The minimum atomic E-state index is -0.266. The molecule has 0 bridgehead atoms. The fourth-order valence-electron chi connectivity index (χ4n) is 1.38. The Bertz CT molecular complexity index is 490. The molecule has 9 nitrogen and oxygen atoms in total. The standard InChI is InChI=1S/C9H14N8O/c10-2-4-17-5-7(14-16-17)9(18)11-3-1-8-12-6-13-15-8/h5-6H,1-4,10H2,(H,11,18)(H,12,13,15). The van der Waals surface area contributed by atoms with Gasteiger partial charge >= 0.3 is 0 Å². The number of nitrogens with one attached hydrogen (secondary N) is 2. The van der Waals surface area contributed by atoms with Gasteiger partial charge in [-0.25, -0.2) is 4.98 Å². The molecule has 9 heteroatoms. The molecule has 0 unspecified atom stereocenters. The fourth-order valence-corrected chi connectivity index (χ4v) is 1.38. The summed E-state index contributed by atoms with van der Waals surface area (Å²) in [5, 5.41) is 16.7. The molecule has 1 amide bonds. The first kappa shape index (κ1) is 12.2. The Morgan fingerprint density at radius 3 is 3.17 bits per heavy atom. The van der Waals surface area contributed by atoms with Gasteiger partial charge in [0, 0.05) is 19.5 Å². The first-order chi connectivity index (χ1) is 8.79. The van der Waals surface area contributed by atoms with Crippen LogP contribution in [0.5, 0.6) is 0 Å². The molecular weight excluding hydrogens is 236 g/mol. The predicted molar refractivity (Wildman–Crippen MR) is 61.5 cm³/mol. The van der Waals surface area contributed by atoms with Crippen molar-refractivity contribution in [1.82, 2.24) is 35.5 Å². The van der Waals surface area contributed by atoms with Crippen molar-refractivity contribution < 1.29 is 4.79 Å². The summed E-state index contributed by atoms with van der Waals surface area (Å²) in [4.78, 5) is 15.6. The maximum Gasteiger partial charge on any atom is 0.273 e. The van der Waals surface area contributed by atoms with Crippen LogP contribution >= 0.6 is 0 Å². The van der Waals surface area contributed by atoms with Gasteiger partial charge in [0.25, 0.3) is 5.91 Å². The fraction of sp³-hybridized carbons (Fsp3) is 0.444. The SMILES string of the molecule is NCCn1cc(C(=O)NCCc2ncn[nH]2)nn1. The van der Waals surface area contributed by atoms with Gasteiger partial charge in [-0.3, -0.25) is 14.6 Å². The number of carbonyl (C=O) groups excluding carboxylic acids is 1. The van der Waals surface area contributed by atoms with Crippen LogP contribution in [-0.2, 0) is 13.0 Å². The zero-order valence-electron chi connectivity index (χ0n) is 9.70. The summed E-state index contributed by atoms with van der Waals surface area (Å²) >= 11 is 0. The van der Waals surface area contributed by atoms with Crippen molar-refractivity contribution in [3.63, 3.8) is 0 Å². The Hall–Kier alpha value is -2.29. The van der Waals surface area contributed by atoms with E-state index in [-0.39, 0.29) is 11.6 Å². The molecule has 18 heavy (non-hydrogen) atoms. The molecular formula is C9H14N8O. The Morgan fingerprint density at radius 1 is 1.56 bits per heavy atom. The average Bonchev–Trinajstić information content (AvgIpc) is 3.00. The lowest BCUT2D eigenvalue weighted by Crippen LogP contribution is -2.26. The highest BCUT2D eigenvalue weighted by molar-refractivity contribution is 5.91. The van der Waals surface area contributed by atoms with E-state index >= 15 is 0 Å². The first-order valence-electron chi connectivity index (χ1n) is 5.52. The molecule has 0 saturated carbocycles. The van der Waals surface area contributed by atoms with Crippen LogP contribution in [-0.4, -0.2) is 49.2 Å². The third kappa shape index (κ3) is 3.10. The molecule has 0 aliphatic carbocycles. The largest absolute Gasteiger partial charge is 0.350 e. The van der Waals surface area contributed by atoms with Crippen molar-refractivity contribution >= 4 is 5.91 Å². The monoisotopic (exact) mass is 250 g/mol. The van der Waals surface area contributed by atoms with Gasteiger partial charge in [0.15, 0.2) is 5.69 Å². The molecule has 2 aromatic rings. The first-order valence-corrected chi connectivity index (χ1v) is 5.52. The summed E-state index contributed by atoms with van der Waals surface area (Å²) in [6.45, 7) is 1.45. The lowest BCUT2D eigenvalue weighted by Gasteiger charge is -2.00. The van der Waals surface area contributed by atoms with Crippen LogP contribution in [0.2, 0.25) is 0 Å². The molecule has 0 saturated heterocycles. The highest BCUT2D eigenvalue weighted by Crippen LogP contribution is 1.93. The van der Waals surface area contributed by atoms with Crippen LogP contribution in [0.3, 0.4) is 0 Å². The second-order valence-corrected chi connectivity index (χ2v) is 3.59. The summed E-state index contributed by atoms with van der Waals surface area (Å²) in [6, 6.07) is 0. The van der Waals surface area contributed by atoms with Gasteiger partial charge in [0.2, 0.25) is 0 Å². The van der Waals surface area contributed by atoms with E-state index in [9.17, 15) is 4.79 Å². The number of carbonyl (C=O) groups is 1. The Morgan fingerprint density at radius 2 is 2.44 bits per heavy atom. The van der Waals surface area contributed by atoms with Gasteiger partial charge in [0.1, 0.15) is 12.2 Å².